The molecule has 0 amide bonds. The van der Waals surface area contributed by atoms with Crippen molar-refractivity contribution in [3.63, 3.8) is 0 Å². The van der Waals surface area contributed by atoms with E-state index >= 15 is 0 Å². The Bertz CT molecular complexity index is 412. The molecule has 0 heterocycles. The summed E-state index contributed by atoms with van der Waals surface area (Å²) in [5.41, 5.74) is 0.864. The van der Waals surface area contributed by atoms with Gasteiger partial charge in [-0.15, -0.1) is 0 Å². The number of hydrogen-bond acceptors (Lipinski definition) is 5. The van der Waals surface area contributed by atoms with E-state index in [1.165, 1.54) is 0 Å². The van der Waals surface area contributed by atoms with E-state index in [2.05, 4.69) is 0 Å². The Balaban J connectivity index is 3.15. The summed E-state index contributed by atoms with van der Waals surface area (Å²) in [5, 5.41) is 27.5. The molecular formula is C10H13F3N2O3. The third kappa shape index (κ3) is 3.10. The lowest BCUT2D eigenvalue weighted by Gasteiger charge is -2.20. The molecule has 6 N–H and O–H groups in total. The minimum absolute atomic E-state index is 0.0351. The molecule has 0 radical (unpaired) electrons. The van der Waals surface area contributed by atoms with Gasteiger partial charge in [0.1, 0.15) is 12.2 Å². The summed E-state index contributed by atoms with van der Waals surface area (Å²) < 4.78 is 37.3. The second kappa shape index (κ2) is 5.53. The fourth-order valence-corrected chi connectivity index (χ4v) is 1.42. The number of benzene rings is 1. The van der Waals surface area contributed by atoms with E-state index in [0.29, 0.717) is 6.07 Å². The van der Waals surface area contributed by atoms with E-state index < -0.39 is 30.6 Å². The van der Waals surface area contributed by atoms with Gasteiger partial charge in [0.25, 0.3) is 0 Å². The summed E-state index contributed by atoms with van der Waals surface area (Å²) in [5.74, 6) is 5.07. The molecule has 2 atom stereocenters. The number of nitrogens with one attached hydrogen (secondary N) is 1. The number of hydrazine groups is 1. The topological polar surface area (TPSA) is 98.7 Å². The van der Waals surface area contributed by atoms with Crippen molar-refractivity contribution in [2.75, 3.05) is 12.0 Å². The monoisotopic (exact) mass is 266 g/mol. The first-order chi connectivity index (χ1) is 8.31. The second-order valence-electron chi connectivity index (χ2n) is 3.64. The van der Waals surface area contributed by atoms with Crippen LogP contribution in [0, 0.1) is 0 Å². The minimum Gasteiger partial charge on any atom is -0.394 e. The van der Waals surface area contributed by atoms with E-state index in [-0.39, 0.29) is 11.3 Å². The molecular weight excluding hydrogens is 253 g/mol. The molecule has 0 aliphatic carbocycles. The van der Waals surface area contributed by atoms with E-state index in [1.54, 1.807) is 0 Å². The highest BCUT2D eigenvalue weighted by molar-refractivity contribution is 5.54. The Morgan fingerprint density at radius 2 is 1.89 bits per heavy atom. The summed E-state index contributed by atoms with van der Waals surface area (Å²) in [4.78, 5) is 0. The molecule has 1 rings (SSSR count). The number of hydrogen-bond donors (Lipinski definition) is 5. The molecule has 1 aromatic rings. The fourth-order valence-electron chi connectivity index (χ4n) is 1.42. The summed E-state index contributed by atoms with van der Waals surface area (Å²) in [6.45, 7) is -0.730. The van der Waals surface area contributed by atoms with Crippen LogP contribution in [0.4, 0.5) is 18.9 Å². The largest absolute Gasteiger partial charge is 0.416 e. The summed E-state index contributed by atoms with van der Waals surface area (Å²) in [7, 11) is 0. The van der Waals surface area contributed by atoms with Crippen LogP contribution in [-0.2, 0) is 6.18 Å². The fraction of sp³-hybridized carbons (Fsp3) is 0.400. The van der Waals surface area contributed by atoms with Gasteiger partial charge in [0.2, 0.25) is 0 Å². The average Bonchev–Trinajstić information content (AvgIpc) is 2.35. The van der Waals surface area contributed by atoms with E-state index in [1.807, 2.05) is 5.43 Å². The molecule has 0 fully saturated rings. The first-order valence-electron chi connectivity index (χ1n) is 4.96. The van der Waals surface area contributed by atoms with Crippen molar-refractivity contribution in [2.45, 2.75) is 18.4 Å². The Morgan fingerprint density at radius 3 is 2.33 bits per heavy atom. The number of aliphatic hydroxyl groups is 3. The van der Waals surface area contributed by atoms with Gasteiger partial charge in [0.05, 0.1) is 17.9 Å². The Hall–Kier alpha value is -1.35. The molecule has 2 unspecified atom stereocenters. The van der Waals surface area contributed by atoms with E-state index in [9.17, 15) is 23.4 Å². The van der Waals surface area contributed by atoms with Crippen LogP contribution in [0.3, 0.4) is 0 Å². The molecule has 0 spiro atoms. The number of rotatable bonds is 4. The molecule has 0 bridgehead atoms. The maximum atomic E-state index is 12.4. The highest BCUT2D eigenvalue weighted by atomic mass is 19.4. The van der Waals surface area contributed by atoms with Crippen molar-refractivity contribution in [3.05, 3.63) is 29.3 Å². The molecule has 0 saturated carbocycles. The number of anilines is 1. The quantitative estimate of drug-likeness (QED) is 0.401. The Labute approximate surface area is 101 Å². The molecule has 0 aliphatic rings. The smallest absolute Gasteiger partial charge is 0.394 e. The number of nitrogen functional groups attached to an aromatic ring is 1. The van der Waals surface area contributed by atoms with Crippen molar-refractivity contribution in [2.24, 2.45) is 5.84 Å². The van der Waals surface area contributed by atoms with Gasteiger partial charge >= 0.3 is 6.18 Å². The molecule has 5 nitrogen and oxygen atoms in total. The highest BCUT2D eigenvalue weighted by Gasteiger charge is 2.32. The standard InChI is InChI=1S/C10H13F3N2O3/c11-10(12,13)5-1-2-6(7(3-5)15-14)9(18)8(17)4-16/h1-3,8-9,15-18H,4,14H2. The Kier molecular flexibility index (Phi) is 4.52. The normalized spacial score (nSPS) is 15.3. The molecule has 102 valence electrons. The van der Waals surface area contributed by atoms with Gasteiger partial charge in [-0.3, -0.25) is 5.84 Å². The number of alkyl halides is 3. The zero-order chi connectivity index (χ0) is 13.9. The third-order valence-corrected chi connectivity index (χ3v) is 2.41. The maximum absolute atomic E-state index is 12.4. The van der Waals surface area contributed by atoms with Crippen LogP contribution in [0.2, 0.25) is 0 Å². The number of halogens is 3. The van der Waals surface area contributed by atoms with E-state index in [4.69, 9.17) is 10.9 Å². The molecule has 1 aromatic carbocycles. The van der Waals surface area contributed by atoms with Crippen molar-refractivity contribution in [1.82, 2.24) is 0 Å². The van der Waals surface area contributed by atoms with Crippen molar-refractivity contribution in [3.8, 4) is 0 Å². The summed E-state index contributed by atoms with van der Waals surface area (Å²) in [6.07, 6.45) is -7.58. The van der Waals surface area contributed by atoms with Crippen LogP contribution in [0.25, 0.3) is 0 Å². The predicted octanol–water partition coefficient (Wildman–Crippen LogP) is 0.378. The van der Waals surface area contributed by atoms with Gasteiger partial charge in [-0.05, 0) is 12.1 Å². The first-order valence-corrected chi connectivity index (χ1v) is 4.96. The minimum atomic E-state index is -4.54. The predicted molar refractivity (Wildman–Crippen MR) is 57.3 cm³/mol. The van der Waals surface area contributed by atoms with E-state index in [0.717, 1.165) is 12.1 Å². The van der Waals surface area contributed by atoms with Crippen molar-refractivity contribution in [1.29, 1.82) is 0 Å². The third-order valence-electron chi connectivity index (χ3n) is 2.41. The summed E-state index contributed by atoms with van der Waals surface area (Å²) >= 11 is 0. The van der Waals surface area contributed by atoms with Gasteiger partial charge < -0.3 is 20.7 Å². The number of nitrogens with two attached hydrogens (primary N) is 1. The SMILES string of the molecule is NNc1cc(C(F)(F)F)ccc1C(O)C(O)CO. The van der Waals surface area contributed by atoms with Crippen LogP contribution in [0.15, 0.2) is 18.2 Å². The maximum Gasteiger partial charge on any atom is 0.416 e. The summed E-state index contributed by atoms with van der Waals surface area (Å²) in [6, 6.07) is 2.45. The van der Waals surface area contributed by atoms with Gasteiger partial charge in [-0.25, -0.2) is 0 Å². The molecule has 8 heteroatoms. The van der Waals surface area contributed by atoms with Gasteiger partial charge in [0, 0.05) is 5.56 Å². The van der Waals surface area contributed by atoms with Crippen molar-refractivity contribution >= 4 is 5.69 Å². The Morgan fingerprint density at radius 1 is 1.28 bits per heavy atom. The van der Waals surface area contributed by atoms with Gasteiger partial charge in [-0.1, -0.05) is 6.07 Å². The molecule has 18 heavy (non-hydrogen) atoms. The first kappa shape index (κ1) is 14.7. The highest BCUT2D eigenvalue weighted by Crippen LogP contribution is 2.34. The zero-order valence-corrected chi connectivity index (χ0v) is 9.15. The lowest BCUT2D eigenvalue weighted by Crippen LogP contribution is -2.24. The second-order valence-corrected chi connectivity index (χ2v) is 3.64. The van der Waals surface area contributed by atoms with Crippen LogP contribution < -0.4 is 11.3 Å². The van der Waals surface area contributed by atoms with Crippen LogP contribution in [0.5, 0.6) is 0 Å². The lowest BCUT2D eigenvalue weighted by molar-refractivity contribution is -0.137. The van der Waals surface area contributed by atoms with Gasteiger partial charge in [0.15, 0.2) is 0 Å². The van der Waals surface area contributed by atoms with Crippen LogP contribution in [-0.4, -0.2) is 28.0 Å². The molecule has 0 aromatic heterocycles. The lowest BCUT2D eigenvalue weighted by atomic mass is 10.0. The van der Waals surface area contributed by atoms with Crippen LogP contribution >= 0.6 is 0 Å². The average molecular weight is 266 g/mol. The van der Waals surface area contributed by atoms with Gasteiger partial charge in [-0.2, -0.15) is 13.2 Å². The van der Waals surface area contributed by atoms with Crippen molar-refractivity contribution < 1.29 is 28.5 Å². The zero-order valence-electron chi connectivity index (χ0n) is 9.15. The number of aliphatic hydroxyl groups excluding tert-OH is 3. The molecule has 0 saturated heterocycles. The molecule has 0 aliphatic heterocycles. The van der Waals surface area contributed by atoms with Crippen LogP contribution in [0.1, 0.15) is 17.2 Å².